The predicted molar refractivity (Wildman–Crippen MR) is 240 cm³/mol. The van der Waals surface area contributed by atoms with Crippen LogP contribution >= 0.6 is 0 Å². The molecular weight excluding hydrogens is 799 g/mol. The first-order chi connectivity index (χ1) is 30.1. The molecule has 2 aliphatic heterocycles. The van der Waals surface area contributed by atoms with Gasteiger partial charge in [-0.2, -0.15) is 0 Å². The Morgan fingerprint density at radius 3 is 1.68 bits per heavy atom. The second kappa shape index (κ2) is 35.0. The lowest BCUT2D eigenvalue weighted by Crippen LogP contribution is -2.65. The SMILES string of the molecule is CC/C=C\C/C=C\C/C=C\C/C=C\CCCCCCCCCCCCCCC(=O)NC(COC1OC(CO)C(OC2OC(CO)C(O)C(O)C2O)C(O)C1O)C(O)/C=C/CCC. The van der Waals surface area contributed by atoms with Gasteiger partial charge in [0.1, 0.15) is 48.8 Å². The fourth-order valence-electron chi connectivity index (χ4n) is 7.35. The average molecular weight is 882 g/mol. The average Bonchev–Trinajstić information content (AvgIpc) is 3.27. The minimum absolute atomic E-state index is 0.258. The number of unbranched alkanes of at least 4 members (excludes halogenated alkanes) is 13. The molecule has 0 aromatic carbocycles. The van der Waals surface area contributed by atoms with Gasteiger partial charge < -0.3 is 65.1 Å². The zero-order valence-electron chi connectivity index (χ0n) is 37.6. The smallest absolute Gasteiger partial charge is 0.220 e. The minimum atomic E-state index is -1.79. The molecule has 0 aromatic rings. The van der Waals surface area contributed by atoms with Gasteiger partial charge in [0.2, 0.25) is 5.91 Å². The number of amides is 1. The van der Waals surface area contributed by atoms with Crippen LogP contribution < -0.4 is 5.32 Å². The van der Waals surface area contributed by atoms with Gasteiger partial charge in [0.15, 0.2) is 12.6 Å². The third kappa shape index (κ3) is 22.5. The number of aliphatic hydroxyl groups excluding tert-OH is 8. The van der Waals surface area contributed by atoms with Crippen molar-refractivity contribution in [3.63, 3.8) is 0 Å². The Morgan fingerprint density at radius 2 is 1.11 bits per heavy atom. The van der Waals surface area contributed by atoms with E-state index in [9.17, 15) is 45.6 Å². The Bertz CT molecular complexity index is 1270. The molecule has 12 unspecified atom stereocenters. The van der Waals surface area contributed by atoms with Crippen LogP contribution in [-0.4, -0.2) is 140 Å². The van der Waals surface area contributed by atoms with Gasteiger partial charge in [-0.05, 0) is 51.4 Å². The number of allylic oxidation sites excluding steroid dienone is 9. The number of rotatable bonds is 34. The lowest BCUT2D eigenvalue weighted by atomic mass is 9.97. The van der Waals surface area contributed by atoms with E-state index < -0.39 is 86.8 Å². The maximum absolute atomic E-state index is 13.0. The van der Waals surface area contributed by atoms with Crippen LogP contribution in [0.3, 0.4) is 0 Å². The van der Waals surface area contributed by atoms with E-state index in [2.05, 4.69) is 60.8 Å². The van der Waals surface area contributed by atoms with Crippen molar-refractivity contribution in [3.8, 4) is 0 Å². The molecule has 0 bridgehead atoms. The Morgan fingerprint density at radius 1 is 0.597 bits per heavy atom. The monoisotopic (exact) mass is 882 g/mol. The normalized spacial score (nSPS) is 28.3. The number of carbonyl (C=O) groups is 1. The van der Waals surface area contributed by atoms with Gasteiger partial charge in [0.05, 0.1) is 32.0 Å². The zero-order chi connectivity index (χ0) is 45.4. The van der Waals surface area contributed by atoms with Crippen molar-refractivity contribution in [1.82, 2.24) is 5.32 Å². The Balaban J connectivity index is 1.63. The highest BCUT2D eigenvalue weighted by Crippen LogP contribution is 2.30. The largest absolute Gasteiger partial charge is 0.394 e. The van der Waals surface area contributed by atoms with Crippen molar-refractivity contribution < 1.29 is 64.6 Å². The van der Waals surface area contributed by atoms with Gasteiger partial charge >= 0.3 is 0 Å². The fraction of sp³-hybridized carbons (Fsp3) is 0.771. The van der Waals surface area contributed by atoms with Gasteiger partial charge in [-0.1, -0.05) is 145 Å². The second-order valence-corrected chi connectivity index (χ2v) is 16.5. The Hall–Kier alpha value is -2.31. The number of aliphatic hydroxyl groups is 8. The Labute approximate surface area is 371 Å². The van der Waals surface area contributed by atoms with Crippen LogP contribution in [0.4, 0.5) is 0 Å². The molecule has 0 radical (unpaired) electrons. The number of hydrogen-bond acceptors (Lipinski definition) is 13. The van der Waals surface area contributed by atoms with Crippen LogP contribution in [0, 0.1) is 0 Å². The first kappa shape index (κ1) is 55.8. The van der Waals surface area contributed by atoms with E-state index in [-0.39, 0.29) is 18.9 Å². The highest BCUT2D eigenvalue weighted by Gasteiger charge is 2.50. The molecule has 14 heteroatoms. The molecule has 62 heavy (non-hydrogen) atoms. The van der Waals surface area contributed by atoms with Gasteiger partial charge in [0.25, 0.3) is 0 Å². The van der Waals surface area contributed by atoms with E-state index in [0.29, 0.717) is 6.42 Å². The molecule has 2 rings (SSSR count). The molecule has 2 saturated heterocycles. The third-order valence-corrected chi connectivity index (χ3v) is 11.2. The molecule has 0 saturated carbocycles. The topological polar surface area (TPSA) is 228 Å². The standard InChI is InChI=1S/C48H83NO13/c1-3-5-7-8-9-10-11-12-13-14-15-16-17-18-19-20-21-22-23-24-25-26-27-28-30-32-40(53)49-36(37(52)31-29-6-4-2)35-59-47-45(58)43(56)46(39(34-51)61-47)62-48-44(57)42(55)41(54)38(33-50)60-48/h5,7,9-10,12-13,15-16,29,31,36-39,41-48,50-52,54-58H,3-4,6,8,11,14,17-28,30,32-35H2,1-2H3,(H,49,53)/b7-5-,10-9-,13-12-,16-15-,31-29+. The molecule has 0 spiro atoms. The van der Waals surface area contributed by atoms with Crippen LogP contribution in [0.5, 0.6) is 0 Å². The van der Waals surface area contributed by atoms with E-state index in [1.54, 1.807) is 12.2 Å². The van der Waals surface area contributed by atoms with Crippen LogP contribution in [0.25, 0.3) is 0 Å². The van der Waals surface area contributed by atoms with Gasteiger partial charge in [-0.3, -0.25) is 4.79 Å². The third-order valence-electron chi connectivity index (χ3n) is 11.2. The van der Waals surface area contributed by atoms with E-state index in [4.69, 9.17) is 18.9 Å². The second-order valence-electron chi connectivity index (χ2n) is 16.5. The van der Waals surface area contributed by atoms with Crippen LogP contribution in [-0.2, 0) is 23.7 Å². The summed E-state index contributed by atoms with van der Waals surface area (Å²) in [6.45, 7) is 2.42. The van der Waals surface area contributed by atoms with Crippen LogP contribution in [0.2, 0.25) is 0 Å². The molecule has 2 heterocycles. The molecule has 0 aromatic heterocycles. The molecule has 0 aliphatic carbocycles. The minimum Gasteiger partial charge on any atom is -0.394 e. The van der Waals surface area contributed by atoms with Crippen LogP contribution in [0.1, 0.15) is 142 Å². The summed E-state index contributed by atoms with van der Waals surface area (Å²) in [5, 5.41) is 85.7. The van der Waals surface area contributed by atoms with Gasteiger partial charge in [0, 0.05) is 6.42 Å². The summed E-state index contributed by atoms with van der Waals surface area (Å²) in [5.41, 5.74) is 0. The summed E-state index contributed by atoms with van der Waals surface area (Å²) in [6.07, 6.45) is 25.3. The molecular formula is C48H83NO13. The predicted octanol–water partition coefficient (Wildman–Crippen LogP) is 5.10. The summed E-state index contributed by atoms with van der Waals surface area (Å²) < 4.78 is 22.4. The van der Waals surface area contributed by atoms with E-state index >= 15 is 0 Å². The molecule has 12 atom stereocenters. The summed E-state index contributed by atoms with van der Waals surface area (Å²) in [5.74, 6) is -0.258. The number of nitrogens with one attached hydrogen (secondary N) is 1. The molecule has 9 N–H and O–H groups in total. The first-order valence-electron chi connectivity index (χ1n) is 23.5. The van der Waals surface area contributed by atoms with Crippen molar-refractivity contribution in [2.45, 2.75) is 216 Å². The molecule has 2 fully saturated rings. The Kier molecular flexibility index (Phi) is 31.5. The van der Waals surface area contributed by atoms with E-state index in [1.165, 1.54) is 51.4 Å². The quantitative estimate of drug-likeness (QED) is 0.0304. The maximum Gasteiger partial charge on any atom is 0.220 e. The summed E-state index contributed by atoms with van der Waals surface area (Å²) in [7, 11) is 0. The van der Waals surface area contributed by atoms with Crippen molar-refractivity contribution >= 4 is 5.91 Å². The molecule has 358 valence electrons. The van der Waals surface area contributed by atoms with E-state index in [1.807, 2.05) is 6.92 Å². The van der Waals surface area contributed by atoms with E-state index in [0.717, 1.165) is 64.2 Å². The maximum atomic E-state index is 13.0. The summed E-state index contributed by atoms with van der Waals surface area (Å²) >= 11 is 0. The highest BCUT2D eigenvalue weighted by atomic mass is 16.7. The fourth-order valence-corrected chi connectivity index (χ4v) is 7.35. The van der Waals surface area contributed by atoms with Crippen LogP contribution in [0.15, 0.2) is 60.8 Å². The molecule has 1 amide bonds. The van der Waals surface area contributed by atoms with Crippen molar-refractivity contribution in [2.75, 3.05) is 19.8 Å². The number of ether oxygens (including phenoxy) is 4. The zero-order valence-corrected chi connectivity index (χ0v) is 37.6. The van der Waals surface area contributed by atoms with Gasteiger partial charge in [-0.25, -0.2) is 0 Å². The number of hydrogen-bond donors (Lipinski definition) is 9. The van der Waals surface area contributed by atoms with Crippen molar-refractivity contribution in [1.29, 1.82) is 0 Å². The molecule has 14 nitrogen and oxygen atoms in total. The summed E-state index contributed by atoms with van der Waals surface area (Å²) in [4.78, 5) is 13.0. The lowest BCUT2D eigenvalue weighted by molar-refractivity contribution is -0.359. The van der Waals surface area contributed by atoms with Gasteiger partial charge in [-0.15, -0.1) is 0 Å². The van der Waals surface area contributed by atoms with Crippen molar-refractivity contribution in [3.05, 3.63) is 60.8 Å². The number of carbonyl (C=O) groups excluding carboxylic acids is 1. The van der Waals surface area contributed by atoms with Crippen molar-refractivity contribution in [2.24, 2.45) is 0 Å². The summed E-state index contributed by atoms with van der Waals surface area (Å²) in [6, 6.07) is -0.912. The highest BCUT2D eigenvalue weighted by molar-refractivity contribution is 5.76. The molecule has 2 aliphatic rings. The lowest BCUT2D eigenvalue weighted by Gasteiger charge is -2.46. The first-order valence-corrected chi connectivity index (χ1v) is 23.5.